The molecule has 0 aliphatic carbocycles. The second-order valence-corrected chi connectivity index (χ2v) is 4.84. The Kier molecular flexibility index (Phi) is 4.32. The molecule has 2 aromatic rings. The van der Waals surface area contributed by atoms with Crippen LogP contribution in [0.4, 0.5) is 0 Å². The lowest BCUT2D eigenvalue weighted by Crippen LogP contribution is -2.01. The highest BCUT2D eigenvalue weighted by molar-refractivity contribution is 5.85. The minimum Gasteiger partial charge on any atom is -0.330 e. The lowest BCUT2D eigenvalue weighted by molar-refractivity contribution is 0.734. The van der Waals surface area contributed by atoms with Crippen molar-refractivity contribution in [3.63, 3.8) is 0 Å². The first-order chi connectivity index (χ1) is 8.76. The number of aryl methyl sites for hydroxylation is 3. The molecule has 2 rings (SSSR count). The molecule has 2 nitrogen and oxygen atoms in total. The van der Waals surface area contributed by atoms with Gasteiger partial charge in [-0.2, -0.15) is 0 Å². The van der Waals surface area contributed by atoms with Gasteiger partial charge in [0.2, 0.25) is 0 Å². The second-order valence-electron chi connectivity index (χ2n) is 4.84. The molecule has 1 aromatic heterocycles. The molecule has 0 saturated heterocycles. The summed E-state index contributed by atoms with van der Waals surface area (Å²) >= 11 is 0. The van der Waals surface area contributed by atoms with Crippen LogP contribution in [0.3, 0.4) is 0 Å². The van der Waals surface area contributed by atoms with Gasteiger partial charge in [0.05, 0.1) is 5.52 Å². The number of aromatic nitrogens is 1. The van der Waals surface area contributed by atoms with E-state index in [1.165, 1.54) is 27.7 Å². The van der Waals surface area contributed by atoms with Crippen molar-refractivity contribution in [2.45, 2.75) is 39.5 Å². The lowest BCUT2D eigenvalue weighted by atomic mass is 10.0. The summed E-state index contributed by atoms with van der Waals surface area (Å²) in [6.45, 7) is 5.13. The molecular formula is C16H22N2. The molecule has 0 fully saturated rings. The standard InChI is InChI=1S/C16H22N2/c1-3-13-7-6-9-15-12(2)11-14(18-16(13)15)8-4-5-10-17/h6-7,9,11H,3-5,8,10,17H2,1-2H3. The lowest BCUT2D eigenvalue weighted by Gasteiger charge is -2.09. The Balaban J connectivity index is 2.39. The van der Waals surface area contributed by atoms with Crippen molar-refractivity contribution >= 4 is 10.9 Å². The molecule has 2 heteroatoms. The summed E-state index contributed by atoms with van der Waals surface area (Å²) in [5.74, 6) is 0. The molecule has 1 aromatic carbocycles. The van der Waals surface area contributed by atoms with E-state index in [4.69, 9.17) is 10.7 Å². The number of nitrogens with two attached hydrogens (primary N) is 1. The number of hydrogen-bond acceptors (Lipinski definition) is 2. The summed E-state index contributed by atoms with van der Waals surface area (Å²) in [7, 11) is 0. The van der Waals surface area contributed by atoms with Gasteiger partial charge in [-0.1, -0.05) is 25.1 Å². The van der Waals surface area contributed by atoms with Crippen LogP contribution in [-0.2, 0) is 12.8 Å². The van der Waals surface area contributed by atoms with Gasteiger partial charge in [-0.25, -0.2) is 0 Å². The van der Waals surface area contributed by atoms with Gasteiger partial charge >= 0.3 is 0 Å². The molecule has 1 heterocycles. The molecule has 0 amide bonds. The van der Waals surface area contributed by atoms with Crippen molar-refractivity contribution in [1.29, 1.82) is 0 Å². The van der Waals surface area contributed by atoms with Crippen LogP contribution >= 0.6 is 0 Å². The Morgan fingerprint density at radius 3 is 2.78 bits per heavy atom. The quantitative estimate of drug-likeness (QED) is 0.816. The molecule has 0 saturated carbocycles. The number of benzene rings is 1. The van der Waals surface area contributed by atoms with E-state index in [1.54, 1.807) is 0 Å². The minimum atomic E-state index is 0.771. The summed E-state index contributed by atoms with van der Waals surface area (Å²) in [5, 5.41) is 1.29. The number of hydrogen-bond donors (Lipinski definition) is 1. The monoisotopic (exact) mass is 242 g/mol. The van der Waals surface area contributed by atoms with Gasteiger partial charge in [0.25, 0.3) is 0 Å². The smallest absolute Gasteiger partial charge is 0.0739 e. The van der Waals surface area contributed by atoms with Gasteiger partial charge < -0.3 is 5.73 Å². The van der Waals surface area contributed by atoms with Gasteiger partial charge in [-0.15, -0.1) is 0 Å². The summed E-state index contributed by atoms with van der Waals surface area (Å²) in [4.78, 5) is 4.84. The maximum Gasteiger partial charge on any atom is 0.0739 e. The largest absolute Gasteiger partial charge is 0.330 e. The average Bonchev–Trinajstić information content (AvgIpc) is 2.38. The van der Waals surface area contributed by atoms with Crippen molar-refractivity contribution in [3.05, 3.63) is 41.1 Å². The molecule has 0 aliphatic rings. The Labute approximate surface area is 109 Å². The zero-order valence-corrected chi connectivity index (χ0v) is 11.4. The average molecular weight is 242 g/mol. The van der Waals surface area contributed by atoms with Crippen LogP contribution in [-0.4, -0.2) is 11.5 Å². The van der Waals surface area contributed by atoms with Crippen LogP contribution in [0, 0.1) is 6.92 Å². The van der Waals surface area contributed by atoms with Crippen LogP contribution in [0.1, 0.15) is 36.6 Å². The van der Waals surface area contributed by atoms with E-state index in [9.17, 15) is 0 Å². The molecule has 0 unspecified atom stereocenters. The SMILES string of the molecule is CCc1cccc2c(C)cc(CCCCN)nc12. The molecule has 0 atom stereocenters. The molecular weight excluding hydrogens is 220 g/mol. The maximum atomic E-state index is 5.54. The third-order valence-electron chi connectivity index (χ3n) is 3.45. The first-order valence-corrected chi connectivity index (χ1v) is 6.84. The van der Waals surface area contributed by atoms with Crippen LogP contribution in [0.15, 0.2) is 24.3 Å². The van der Waals surface area contributed by atoms with Crippen molar-refractivity contribution in [2.24, 2.45) is 5.73 Å². The predicted molar refractivity (Wildman–Crippen MR) is 77.9 cm³/mol. The van der Waals surface area contributed by atoms with E-state index in [0.717, 1.165) is 32.2 Å². The number of pyridine rings is 1. The van der Waals surface area contributed by atoms with Gasteiger partial charge in [0.15, 0.2) is 0 Å². The molecule has 18 heavy (non-hydrogen) atoms. The van der Waals surface area contributed by atoms with E-state index in [0.29, 0.717) is 0 Å². The number of unbranched alkanes of at least 4 members (excludes halogenated alkanes) is 1. The highest BCUT2D eigenvalue weighted by atomic mass is 14.7. The highest BCUT2D eigenvalue weighted by Crippen LogP contribution is 2.22. The molecule has 0 radical (unpaired) electrons. The number of para-hydroxylation sites is 1. The highest BCUT2D eigenvalue weighted by Gasteiger charge is 2.06. The van der Waals surface area contributed by atoms with Crippen LogP contribution in [0.2, 0.25) is 0 Å². The van der Waals surface area contributed by atoms with Crippen molar-refractivity contribution in [1.82, 2.24) is 4.98 Å². The summed E-state index contributed by atoms with van der Waals surface area (Å²) in [6.07, 6.45) is 4.28. The second kappa shape index (κ2) is 5.96. The predicted octanol–water partition coefficient (Wildman–Crippen LogP) is 3.39. The van der Waals surface area contributed by atoms with Crippen molar-refractivity contribution in [3.8, 4) is 0 Å². The molecule has 0 aliphatic heterocycles. The fraction of sp³-hybridized carbons (Fsp3) is 0.438. The molecule has 0 bridgehead atoms. The Bertz CT molecular complexity index is 532. The van der Waals surface area contributed by atoms with E-state index in [-0.39, 0.29) is 0 Å². The molecule has 0 spiro atoms. The van der Waals surface area contributed by atoms with E-state index >= 15 is 0 Å². The number of rotatable bonds is 5. The summed E-state index contributed by atoms with van der Waals surface area (Å²) in [6, 6.07) is 8.70. The Morgan fingerprint density at radius 1 is 1.22 bits per heavy atom. The third kappa shape index (κ3) is 2.70. The zero-order chi connectivity index (χ0) is 13.0. The zero-order valence-electron chi connectivity index (χ0n) is 11.4. The molecule has 96 valence electrons. The van der Waals surface area contributed by atoms with Crippen molar-refractivity contribution < 1.29 is 0 Å². The topological polar surface area (TPSA) is 38.9 Å². The van der Waals surface area contributed by atoms with E-state index < -0.39 is 0 Å². The van der Waals surface area contributed by atoms with E-state index in [2.05, 4.69) is 38.1 Å². The maximum absolute atomic E-state index is 5.54. The summed E-state index contributed by atoms with van der Waals surface area (Å²) < 4.78 is 0. The van der Waals surface area contributed by atoms with Gasteiger partial charge in [-0.05, 0) is 56.3 Å². The van der Waals surface area contributed by atoms with Gasteiger partial charge in [-0.3, -0.25) is 4.98 Å². The van der Waals surface area contributed by atoms with Gasteiger partial charge in [0.1, 0.15) is 0 Å². The van der Waals surface area contributed by atoms with Crippen LogP contribution in [0.5, 0.6) is 0 Å². The number of nitrogens with zero attached hydrogens (tertiary/aromatic N) is 1. The van der Waals surface area contributed by atoms with Crippen LogP contribution in [0.25, 0.3) is 10.9 Å². The minimum absolute atomic E-state index is 0.771. The Morgan fingerprint density at radius 2 is 2.06 bits per heavy atom. The Hall–Kier alpha value is -1.41. The van der Waals surface area contributed by atoms with Crippen molar-refractivity contribution in [2.75, 3.05) is 6.54 Å². The number of fused-ring (bicyclic) bond motifs is 1. The third-order valence-corrected chi connectivity index (χ3v) is 3.45. The van der Waals surface area contributed by atoms with Crippen LogP contribution < -0.4 is 5.73 Å². The first kappa shape index (κ1) is 13.0. The van der Waals surface area contributed by atoms with Gasteiger partial charge in [0, 0.05) is 11.1 Å². The molecule has 2 N–H and O–H groups in total. The first-order valence-electron chi connectivity index (χ1n) is 6.84. The fourth-order valence-corrected chi connectivity index (χ4v) is 2.41. The normalized spacial score (nSPS) is 11.1. The fourth-order valence-electron chi connectivity index (χ4n) is 2.41. The van der Waals surface area contributed by atoms with E-state index in [1.807, 2.05) is 0 Å². The summed E-state index contributed by atoms with van der Waals surface area (Å²) in [5.41, 5.74) is 10.6.